The van der Waals surface area contributed by atoms with Crippen molar-refractivity contribution in [3.05, 3.63) is 0 Å². The first-order valence-corrected chi connectivity index (χ1v) is 4.02. The van der Waals surface area contributed by atoms with E-state index < -0.39 is 0 Å². The van der Waals surface area contributed by atoms with Gasteiger partial charge in [-0.05, 0) is 19.3 Å². The fraction of sp³-hybridized carbons (Fsp3) is 1.00. The minimum Gasteiger partial charge on any atom is -0.373 e. The summed E-state index contributed by atoms with van der Waals surface area (Å²) in [6.07, 6.45) is 1.68. The molecule has 1 saturated heterocycles. The molecule has 0 spiro atoms. The maximum Gasteiger partial charge on any atom is 0.0702 e. The quantitative estimate of drug-likeness (QED) is 0.597. The molecule has 3 unspecified atom stereocenters. The molecule has 0 bridgehead atoms. The SMILES string of the molecule is CC(C)C1CC(N)C(C)O1. The van der Waals surface area contributed by atoms with E-state index >= 15 is 0 Å². The number of nitrogens with two attached hydrogens (primary N) is 1. The number of hydrogen-bond donors (Lipinski definition) is 1. The van der Waals surface area contributed by atoms with E-state index in [0.29, 0.717) is 12.0 Å². The van der Waals surface area contributed by atoms with Crippen LogP contribution >= 0.6 is 0 Å². The standard InChI is InChI=1S/C8H17NO/c1-5(2)8-4-7(9)6(3)10-8/h5-8H,4,9H2,1-3H3. The molecule has 2 N–H and O–H groups in total. The Balaban J connectivity index is 2.41. The van der Waals surface area contributed by atoms with Crippen LogP contribution in [0, 0.1) is 5.92 Å². The van der Waals surface area contributed by atoms with E-state index in [1.54, 1.807) is 0 Å². The van der Waals surface area contributed by atoms with Crippen molar-refractivity contribution in [3.8, 4) is 0 Å². The van der Waals surface area contributed by atoms with E-state index in [1.807, 2.05) is 6.92 Å². The predicted molar refractivity (Wildman–Crippen MR) is 41.8 cm³/mol. The van der Waals surface area contributed by atoms with E-state index in [0.717, 1.165) is 6.42 Å². The Labute approximate surface area is 62.7 Å². The number of hydrogen-bond acceptors (Lipinski definition) is 2. The molecule has 3 atom stereocenters. The summed E-state index contributed by atoms with van der Waals surface area (Å²) in [4.78, 5) is 0. The van der Waals surface area contributed by atoms with Crippen molar-refractivity contribution in [3.63, 3.8) is 0 Å². The zero-order valence-electron chi connectivity index (χ0n) is 7.00. The minimum absolute atomic E-state index is 0.257. The molecule has 10 heavy (non-hydrogen) atoms. The summed E-state index contributed by atoms with van der Waals surface area (Å²) in [5, 5.41) is 0. The second kappa shape index (κ2) is 2.89. The van der Waals surface area contributed by atoms with Gasteiger partial charge in [-0.1, -0.05) is 13.8 Å². The van der Waals surface area contributed by atoms with Gasteiger partial charge in [-0.3, -0.25) is 0 Å². The Kier molecular flexibility index (Phi) is 2.32. The summed E-state index contributed by atoms with van der Waals surface area (Å²) in [6.45, 7) is 6.40. The van der Waals surface area contributed by atoms with Crippen LogP contribution in [-0.2, 0) is 4.74 Å². The van der Waals surface area contributed by atoms with E-state index in [2.05, 4.69) is 13.8 Å². The van der Waals surface area contributed by atoms with Crippen LogP contribution in [0.1, 0.15) is 27.2 Å². The Morgan fingerprint density at radius 2 is 2.10 bits per heavy atom. The maximum absolute atomic E-state index is 5.78. The van der Waals surface area contributed by atoms with Crippen LogP contribution in [0.3, 0.4) is 0 Å². The highest BCUT2D eigenvalue weighted by atomic mass is 16.5. The first kappa shape index (κ1) is 8.02. The van der Waals surface area contributed by atoms with Gasteiger partial charge in [0.15, 0.2) is 0 Å². The number of rotatable bonds is 1. The van der Waals surface area contributed by atoms with E-state index in [4.69, 9.17) is 10.5 Å². The van der Waals surface area contributed by atoms with Crippen molar-refractivity contribution in [2.24, 2.45) is 11.7 Å². The first-order valence-electron chi connectivity index (χ1n) is 4.02. The second-order valence-corrected chi connectivity index (χ2v) is 3.52. The molecule has 1 heterocycles. The molecule has 0 radical (unpaired) electrons. The fourth-order valence-corrected chi connectivity index (χ4v) is 1.32. The van der Waals surface area contributed by atoms with Crippen LogP contribution in [0.2, 0.25) is 0 Å². The summed E-state index contributed by atoms with van der Waals surface area (Å²) in [6, 6.07) is 0.257. The van der Waals surface area contributed by atoms with Crippen molar-refractivity contribution in [1.29, 1.82) is 0 Å². The van der Waals surface area contributed by atoms with Crippen molar-refractivity contribution in [1.82, 2.24) is 0 Å². The summed E-state index contributed by atoms with van der Waals surface area (Å²) in [5.41, 5.74) is 5.78. The van der Waals surface area contributed by atoms with Gasteiger partial charge < -0.3 is 10.5 Å². The normalized spacial score (nSPS) is 41.1. The Hall–Kier alpha value is -0.0800. The molecule has 0 aromatic rings. The van der Waals surface area contributed by atoms with E-state index in [-0.39, 0.29) is 12.1 Å². The highest BCUT2D eigenvalue weighted by Gasteiger charge is 2.30. The van der Waals surface area contributed by atoms with Gasteiger partial charge in [-0.2, -0.15) is 0 Å². The molecular formula is C8H17NO. The molecule has 2 nitrogen and oxygen atoms in total. The lowest BCUT2D eigenvalue weighted by molar-refractivity contribution is 0.0266. The zero-order valence-corrected chi connectivity index (χ0v) is 7.00. The van der Waals surface area contributed by atoms with Crippen LogP contribution in [0.4, 0.5) is 0 Å². The third-order valence-corrected chi connectivity index (χ3v) is 2.24. The lowest BCUT2D eigenvalue weighted by Crippen LogP contribution is -2.26. The Morgan fingerprint density at radius 1 is 1.50 bits per heavy atom. The summed E-state index contributed by atoms with van der Waals surface area (Å²) >= 11 is 0. The lowest BCUT2D eigenvalue weighted by Gasteiger charge is -2.13. The summed E-state index contributed by atoms with van der Waals surface area (Å²) in [5.74, 6) is 0.607. The average molecular weight is 143 g/mol. The molecule has 1 aliphatic heterocycles. The molecule has 0 aromatic heterocycles. The second-order valence-electron chi connectivity index (χ2n) is 3.52. The van der Waals surface area contributed by atoms with Crippen LogP contribution < -0.4 is 5.73 Å². The molecule has 0 aliphatic carbocycles. The van der Waals surface area contributed by atoms with Crippen LogP contribution in [0.5, 0.6) is 0 Å². The topological polar surface area (TPSA) is 35.2 Å². The molecule has 0 saturated carbocycles. The van der Waals surface area contributed by atoms with Gasteiger partial charge in [0.05, 0.1) is 12.2 Å². The first-order chi connectivity index (χ1) is 4.61. The van der Waals surface area contributed by atoms with Crippen LogP contribution in [0.15, 0.2) is 0 Å². The van der Waals surface area contributed by atoms with E-state index in [1.165, 1.54) is 0 Å². The number of ether oxygens (including phenoxy) is 1. The average Bonchev–Trinajstić information content (AvgIpc) is 2.13. The van der Waals surface area contributed by atoms with Crippen molar-refractivity contribution in [2.45, 2.75) is 45.4 Å². The zero-order chi connectivity index (χ0) is 7.72. The molecule has 0 amide bonds. The Bertz CT molecular complexity index is 104. The van der Waals surface area contributed by atoms with E-state index in [9.17, 15) is 0 Å². The molecular weight excluding hydrogens is 126 g/mol. The maximum atomic E-state index is 5.78. The molecule has 1 aliphatic rings. The van der Waals surface area contributed by atoms with Gasteiger partial charge in [0, 0.05) is 6.04 Å². The van der Waals surface area contributed by atoms with Gasteiger partial charge >= 0.3 is 0 Å². The largest absolute Gasteiger partial charge is 0.373 e. The summed E-state index contributed by atoms with van der Waals surface area (Å²) in [7, 11) is 0. The molecule has 2 heteroatoms. The van der Waals surface area contributed by atoms with Gasteiger partial charge in [0.25, 0.3) is 0 Å². The van der Waals surface area contributed by atoms with Gasteiger partial charge in [0.1, 0.15) is 0 Å². The van der Waals surface area contributed by atoms with Crippen LogP contribution in [-0.4, -0.2) is 18.2 Å². The third-order valence-electron chi connectivity index (χ3n) is 2.24. The summed E-state index contributed by atoms with van der Waals surface area (Å²) < 4.78 is 5.61. The lowest BCUT2D eigenvalue weighted by atomic mass is 10.0. The molecule has 1 rings (SSSR count). The fourth-order valence-electron chi connectivity index (χ4n) is 1.32. The molecule has 1 fully saturated rings. The highest BCUT2D eigenvalue weighted by molar-refractivity contribution is 4.83. The van der Waals surface area contributed by atoms with Crippen molar-refractivity contribution in [2.75, 3.05) is 0 Å². The van der Waals surface area contributed by atoms with Crippen molar-refractivity contribution >= 4 is 0 Å². The molecule has 0 aromatic carbocycles. The van der Waals surface area contributed by atoms with Crippen LogP contribution in [0.25, 0.3) is 0 Å². The highest BCUT2D eigenvalue weighted by Crippen LogP contribution is 2.23. The Morgan fingerprint density at radius 3 is 2.30 bits per heavy atom. The monoisotopic (exact) mass is 143 g/mol. The molecule has 60 valence electrons. The van der Waals surface area contributed by atoms with Gasteiger partial charge in [-0.15, -0.1) is 0 Å². The predicted octanol–water partition coefficient (Wildman–Crippen LogP) is 1.15. The minimum atomic E-state index is 0.257. The van der Waals surface area contributed by atoms with Crippen molar-refractivity contribution < 1.29 is 4.74 Å². The van der Waals surface area contributed by atoms with Gasteiger partial charge in [0.2, 0.25) is 0 Å². The van der Waals surface area contributed by atoms with Gasteiger partial charge in [-0.25, -0.2) is 0 Å². The third kappa shape index (κ3) is 1.50. The smallest absolute Gasteiger partial charge is 0.0702 e.